The maximum absolute atomic E-state index is 12.0. The molecule has 10 nitrogen and oxygen atoms in total. The van der Waals surface area contributed by atoms with Crippen LogP contribution in [0.15, 0.2) is 72.1 Å². The fourth-order valence-electron chi connectivity index (χ4n) is 3.96. The molecule has 0 bridgehead atoms. The molecule has 4 rings (SSSR count). The Morgan fingerprint density at radius 1 is 1.09 bits per heavy atom. The van der Waals surface area contributed by atoms with E-state index in [1.807, 2.05) is 60.1 Å². The number of hydrogen-bond acceptors (Lipinski definition) is 7. The molecule has 35 heavy (non-hydrogen) atoms. The second-order valence-electron chi connectivity index (χ2n) is 8.16. The fourth-order valence-corrected chi connectivity index (χ4v) is 3.96. The van der Waals surface area contributed by atoms with Gasteiger partial charge in [-0.1, -0.05) is 43.0 Å². The van der Waals surface area contributed by atoms with Gasteiger partial charge in [-0.25, -0.2) is 21.3 Å². The molecule has 0 aliphatic carbocycles. The maximum Gasteiger partial charge on any atom is 0.250 e. The third kappa shape index (κ3) is 4.68. The van der Waals surface area contributed by atoms with Gasteiger partial charge in [-0.15, -0.1) is 0 Å². The third-order valence-corrected chi connectivity index (χ3v) is 5.64. The van der Waals surface area contributed by atoms with E-state index in [0.717, 1.165) is 39.0 Å². The minimum Gasteiger partial charge on any atom is -0.385 e. The molecule has 0 spiro atoms. The molecule has 2 aromatic heterocycles. The zero-order valence-electron chi connectivity index (χ0n) is 19.5. The van der Waals surface area contributed by atoms with Crippen LogP contribution < -0.4 is 28.2 Å². The van der Waals surface area contributed by atoms with Gasteiger partial charge >= 0.3 is 0 Å². The minimum atomic E-state index is -0.223. The summed E-state index contributed by atoms with van der Waals surface area (Å²) in [6, 6.07) is 15.6. The van der Waals surface area contributed by atoms with Gasteiger partial charge in [0.25, 0.3) is 5.91 Å². The molecule has 0 aliphatic heterocycles. The van der Waals surface area contributed by atoms with Crippen molar-refractivity contribution in [1.82, 2.24) is 20.1 Å². The summed E-state index contributed by atoms with van der Waals surface area (Å²) >= 11 is 0. The normalized spacial score (nSPS) is 11.5. The molecule has 2 aromatic carbocycles. The molecule has 8 N–H and O–H groups in total. The van der Waals surface area contributed by atoms with Crippen LogP contribution in [0.1, 0.15) is 12.5 Å². The first-order valence-electron chi connectivity index (χ1n) is 10.8. The standard InChI is InChI=1S/C25H27N9O/c1-14(2)25(35)31-18-10-8-17(9-11-18)22-20(21-23(27)29-13-30-24(21)34(22)3)16-6-4-15(5-7-16)12-19(26)32-33-28/h4-11,13,33H,1,12,28H2,2-3H3,(H2,26,32)(H,31,35)(H2,27,29,30). The fraction of sp³-hybridized carbons (Fsp3) is 0.120. The van der Waals surface area contributed by atoms with Crippen molar-refractivity contribution in [3.05, 3.63) is 72.6 Å². The summed E-state index contributed by atoms with van der Waals surface area (Å²) in [7, 11) is 1.94. The number of carbonyl (C=O) groups is 1. The highest BCUT2D eigenvalue weighted by atomic mass is 16.1. The van der Waals surface area contributed by atoms with Crippen LogP contribution in [0, 0.1) is 0 Å². The summed E-state index contributed by atoms with van der Waals surface area (Å²) in [5, 5.41) is 7.40. The van der Waals surface area contributed by atoms with Crippen LogP contribution in [0.25, 0.3) is 33.4 Å². The summed E-state index contributed by atoms with van der Waals surface area (Å²) in [5.74, 6) is 5.75. The lowest BCUT2D eigenvalue weighted by atomic mass is 9.97. The van der Waals surface area contributed by atoms with Crippen molar-refractivity contribution < 1.29 is 4.79 Å². The number of anilines is 2. The molecule has 10 heteroatoms. The van der Waals surface area contributed by atoms with Crippen molar-refractivity contribution in [1.29, 1.82) is 0 Å². The number of nitrogen functional groups attached to an aromatic ring is 1. The lowest BCUT2D eigenvalue weighted by Crippen LogP contribution is -2.23. The number of nitrogens with zero attached hydrogens (tertiary/aromatic N) is 4. The van der Waals surface area contributed by atoms with E-state index < -0.39 is 0 Å². The first-order chi connectivity index (χ1) is 16.8. The van der Waals surface area contributed by atoms with Crippen LogP contribution in [0.2, 0.25) is 0 Å². The van der Waals surface area contributed by atoms with Crippen molar-refractivity contribution in [2.75, 3.05) is 11.1 Å². The van der Waals surface area contributed by atoms with E-state index in [1.54, 1.807) is 6.92 Å². The van der Waals surface area contributed by atoms with Gasteiger partial charge in [0.15, 0.2) is 0 Å². The monoisotopic (exact) mass is 469 g/mol. The minimum absolute atomic E-state index is 0.223. The Morgan fingerprint density at radius 3 is 2.37 bits per heavy atom. The van der Waals surface area contributed by atoms with Crippen LogP contribution >= 0.6 is 0 Å². The van der Waals surface area contributed by atoms with E-state index in [2.05, 4.69) is 32.5 Å². The van der Waals surface area contributed by atoms with Crippen LogP contribution in [0.3, 0.4) is 0 Å². The average molecular weight is 470 g/mol. The van der Waals surface area contributed by atoms with E-state index >= 15 is 0 Å². The first-order valence-corrected chi connectivity index (χ1v) is 10.8. The van der Waals surface area contributed by atoms with Crippen molar-refractivity contribution in [2.24, 2.45) is 23.7 Å². The Hall–Kier alpha value is -4.70. The van der Waals surface area contributed by atoms with Gasteiger partial charge in [-0.3, -0.25) is 4.79 Å². The quantitative estimate of drug-likeness (QED) is 0.0913. The van der Waals surface area contributed by atoms with Gasteiger partial charge in [-0.05, 0) is 35.7 Å². The van der Waals surface area contributed by atoms with Crippen LogP contribution in [0.5, 0.6) is 0 Å². The highest BCUT2D eigenvalue weighted by Crippen LogP contribution is 2.41. The third-order valence-electron chi connectivity index (χ3n) is 5.64. The molecular weight excluding hydrogens is 442 g/mol. The summed E-state index contributed by atoms with van der Waals surface area (Å²) in [6.45, 7) is 5.34. The van der Waals surface area contributed by atoms with Crippen molar-refractivity contribution >= 4 is 34.3 Å². The molecule has 0 atom stereocenters. The number of nitrogens with two attached hydrogens (primary N) is 3. The lowest BCUT2D eigenvalue weighted by molar-refractivity contribution is -0.112. The van der Waals surface area contributed by atoms with E-state index in [1.165, 1.54) is 6.33 Å². The first kappa shape index (κ1) is 23.5. The molecule has 178 valence electrons. The summed E-state index contributed by atoms with van der Waals surface area (Å²) in [5.41, 5.74) is 20.9. The highest BCUT2D eigenvalue weighted by Gasteiger charge is 2.21. The molecule has 0 unspecified atom stereocenters. The maximum atomic E-state index is 12.0. The van der Waals surface area contributed by atoms with E-state index in [-0.39, 0.29) is 5.91 Å². The predicted molar refractivity (Wildman–Crippen MR) is 140 cm³/mol. The van der Waals surface area contributed by atoms with Crippen LogP contribution in [0.4, 0.5) is 11.5 Å². The lowest BCUT2D eigenvalue weighted by Gasteiger charge is -2.11. The summed E-state index contributed by atoms with van der Waals surface area (Å²) in [6.07, 6.45) is 1.91. The number of hydrazone groups is 1. The number of hydrazine groups is 1. The van der Waals surface area contributed by atoms with Gasteiger partial charge in [-0.2, -0.15) is 5.10 Å². The summed E-state index contributed by atoms with van der Waals surface area (Å²) < 4.78 is 2.00. The van der Waals surface area contributed by atoms with E-state index in [9.17, 15) is 4.79 Å². The Labute approximate surface area is 202 Å². The number of aryl methyl sites for hydroxylation is 1. The number of aromatic nitrogens is 3. The SMILES string of the molecule is C=C(C)C(=O)Nc1ccc(-c2c(-c3ccc(C/C(N)=N/NN)cc3)c3c(N)ncnc3n2C)cc1. The number of benzene rings is 2. The molecule has 4 aromatic rings. The second-order valence-corrected chi connectivity index (χ2v) is 8.16. The zero-order valence-corrected chi connectivity index (χ0v) is 19.5. The largest absolute Gasteiger partial charge is 0.385 e. The molecule has 0 aliphatic rings. The Bertz CT molecular complexity index is 1430. The van der Waals surface area contributed by atoms with Gasteiger partial charge in [0, 0.05) is 30.3 Å². The Kier molecular flexibility index (Phi) is 6.47. The van der Waals surface area contributed by atoms with E-state index in [4.69, 9.17) is 17.3 Å². The number of rotatable bonds is 7. The van der Waals surface area contributed by atoms with Gasteiger partial charge in [0.05, 0.1) is 11.1 Å². The Morgan fingerprint density at radius 2 is 1.74 bits per heavy atom. The van der Waals surface area contributed by atoms with Crippen molar-refractivity contribution in [3.8, 4) is 22.4 Å². The summed E-state index contributed by atoms with van der Waals surface area (Å²) in [4.78, 5) is 20.7. The van der Waals surface area contributed by atoms with Crippen LogP contribution in [-0.4, -0.2) is 26.3 Å². The number of hydrogen-bond donors (Lipinski definition) is 5. The van der Waals surface area contributed by atoms with Gasteiger partial charge < -0.3 is 21.4 Å². The number of fused-ring (bicyclic) bond motifs is 1. The molecule has 1 amide bonds. The number of amidine groups is 1. The van der Waals surface area contributed by atoms with Crippen molar-refractivity contribution in [2.45, 2.75) is 13.3 Å². The van der Waals surface area contributed by atoms with E-state index in [0.29, 0.717) is 29.3 Å². The predicted octanol–water partition coefficient (Wildman–Crippen LogP) is 2.68. The molecule has 0 saturated carbocycles. The number of nitrogens with one attached hydrogen (secondary N) is 2. The molecule has 0 radical (unpaired) electrons. The Balaban J connectivity index is 1.82. The molecule has 2 heterocycles. The van der Waals surface area contributed by atoms with Crippen LogP contribution in [-0.2, 0) is 18.3 Å². The molecule has 0 saturated heterocycles. The molecular formula is C25H27N9O. The van der Waals surface area contributed by atoms with Gasteiger partial charge in [0.2, 0.25) is 0 Å². The smallest absolute Gasteiger partial charge is 0.250 e. The zero-order chi connectivity index (χ0) is 25.1. The molecule has 0 fully saturated rings. The number of amides is 1. The topological polar surface area (TPSA) is 162 Å². The second kappa shape index (κ2) is 9.65. The number of carbonyl (C=O) groups excluding carboxylic acids is 1. The van der Waals surface area contributed by atoms with Crippen molar-refractivity contribution in [3.63, 3.8) is 0 Å². The average Bonchev–Trinajstić information content (AvgIpc) is 3.14. The van der Waals surface area contributed by atoms with Gasteiger partial charge in [0.1, 0.15) is 23.6 Å². The highest BCUT2D eigenvalue weighted by molar-refractivity contribution is 6.08.